The van der Waals surface area contributed by atoms with Gasteiger partial charge in [0.15, 0.2) is 0 Å². The lowest BCUT2D eigenvalue weighted by Gasteiger charge is -2.19. The molecule has 0 aliphatic rings. The first-order chi connectivity index (χ1) is 16.3. The second kappa shape index (κ2) is 8.90. The van der Waals surface area contributed by atoms with E-state index < -0.39 is 0 Å². The van der Waals surface area contributed by atoms with Gasteiger partial charge in [0.25, 0.3) is 0 Å². The van der Waals surface area contributed by atoms with Gasteiger partial charge in [-0.2, -0.15) is 0 Å². The molecule has 0 amide bonds. The lowest BCUT2D eigenvalue weighted by Crippen LogP contribution is -2.13. The number of aryl methyl sites for hydroxylation is 2. The molecule has 0 saturated heterocycles. The number of methoxy groups -OCH3 is 2. The standard InChI is InChI=1S/C28H28N4O2/c1-15-7-5-9-19(27(29)30)25(15)21-11-17-12-22(24(34-4)14-18(17)13-23(21)33-3)26-16(2)8-6-10-20(26)28(31)32/h5-14H,1-4H3,(H3,29,30)(H3,31,32). The summed E-state index contributed by atoms with van der Waals surface area (Å²) < 4.78 is 11.5. The number of amidine groups is 2. The molecule has 4 aromatic carbocycles. The molecule has 0 atom stereocenters. The zero-order chi connectivity index (χ0) is 24.6. The summed E-state index contributed by atoms with van der Waals surface area (Å²) in [5.74, 6) is 1.36. The Hall–Kier alpha value is -4.32. The molecule has 6 heteroatoms. The lowest BCUT2D eigenvalue weighted by atomic mass is 9.89. The minimum Gasteiger partial charge on any atom is -0.496 e. The highest BCUT2D eigenvalue weighted by molar-refractivity contribution is 6.06. The maximum Gasteiger partial charge on any atom is 0.127 e. The third-order valence-corrected chi connectivity index (χ3v) is 6.14. The fourth-order valence-electron chi connectivity index (χ4n) is 4.54. The summed E-state index contributed by atoms with van der Waals surface area (Å²) in [6.07, 6.45) is 0. The number of nitrogen functional groups attached to an aromatic ring is 2. The van der Waals surface area contributed by atoms with Crippen LogP contribution in [-0.4, -0.2) is 25.9 Å². The third-order valence-electron chi connectivity index (χ3n) is 6.14. The summed E-state index contributed by atoms with van der Waals surface area (Å²) in [4.78, 5) is 0. The van der Waals surface area contributed by atoms with Gasteiger partial charge < -0.3 is 20.9 Å². The fraction of sp³-hybridized carbons (Fsp3) is 0.143. The van der Waals surface area contributed by atoms with Crippen LogP contribution in [0, 0.1) is 24.7 Å². The maximum absolute atomic E-state index is 8.09. The summed E-state index contributed by atoms with van der Waals surface area (Å²) in [5.41, 5.74) is 18.6. The van der Waals surface area contributed by atoms with E-state index in [0.717, 1.165) is 44.2 Å². The molecule has 172 valence electrons. The topological polar surface area (TPSA) is 118 Å². The largest absolute Gasteiger partial charge is 0.496 e. The molecule has 4 aromatic rings. The van der Waals surface area contributed by atoms with Gasteiger partial charge in [-0.15, -0.1) is 0 Å². The van der Waals surface area contributed by atoms with Gasteiger partial charge in [0.05, 0.1) is 14.2 Å². The van der Waals surface area contributed by atoms with Crippen molar-refractivity contribution in [2.75, 3.05) is 14.2 Å². The van der Waals surface area contributed by atoms with E-state index in [1.54, 1.807) is 14.2 Å². The van der Waals surface area contributed by atoms with Crippen LogP contribution in [0.15, 0.2) is 60.7 Å². The van der Waals surface area contributed by atoms with Crippen LogP contribution >= 0.6 is 0 Å². The van der Waals surface area contributed by atoms with E-state index in [2.05, 4.69) is 12.1 Å². The third kappa shape index (κ3) is 3.83. The molecule has 6 N–H and O–H groups in total. The van der Waals surface area contributed by atoms with Crippen LogP contribution in [0.4, 0.5) is 0 Å². The molecule has 0 radical (unpaired) electrons. The van der Waals surface area contributed by atoms with Gasteiger partial charge in [0, 0.05) is 22.3 Å². The van der Waals surface area contributed by atoms with Crippen LogP contribution in [0.25, 0.3) is 33.0 Å². The average Bonchev–Trinajstić information content (AvgIpc) is 2.82. The van der Waals surface area contributed by atoms with Crippen LogP contribution < -0.4 is 20.9 Å². The summed E-state index contributed by atoms with van der Waals surface area (Å²) in [7, 11) is 3.27. The first-order valence-corrected chi connectivity index (χ1v) is 10.8. The first kappa shape index (κ1) is 22.9. The number of nitrogens with two attached hydrogens (primary N) is 2. The van der Waals surface area contributed by atoms with Crippen LogP contribution in [0.1, 0.15) is 22.3 Å². The minimum atomic E-state index is 0.00211. The maximum atomic E-state index is 8.09. The Morgan fingerprint density at radius 1 is 0.647 bits per heavy atom. The van der Waals surface area contributed by atoms with Crippen LogP contribution in [0.5, 0.6) is 11.5 Å². The van der Waals surface area contributed by atoms with Crippen molar-refractivity contribution in [3.05, 3.63) is 82.9 Å². The predicted molar refractivity (Wildman–Crippen MR) is 139 cm³/mol. The van der Waals surface area contributed by atoms with Crippen molar-refractivity contribution in [1.82, 2.24) is 0 Å². The van der Waals surface area contributed by atoms with E-state index in [1.165, 1.54) is 0 Å². The molecular formula is C28H28N4O2. The van der Waals surface area contributed by atoms with Gasteiger partial charge in [-0.25, -0.2) is 0 Å². The van der Waals surface area contributed by atoms with Crippen molar-refractivity contribution in [2.24, 2.45) is 11.5 Å². The number of benzene rings is 4. The molecule has 0 spiro atoms. The molecule has 0 aromatic heterocycles. The molecule has 4 rings (SSSR count). The van der Waals surface area contributed by atoms with Crippen molar-refractivity contribution in [3.63, 3.8) is 0 Å². The second-order valence-electron chi connectivity index (χ2n) is 8.27. The molecule has 0 saturated carbocycles. The van der Waals surface area contributed by atoms with Crippen molar-refractivity contribution in [3.8, 4) is 33.8 Å². The zero-order valence-corrected chi connectivity index (χ0v) is 19.7. The fourth-order valence-corrected chi connectivity index (χ4v) is 4.54. The number of rotatable bonds is 6. The van der Waals surface area contributed by atoms with E-state index in [9.17, 15) is 0 Å². The van der Waals surface area contributed by atoms with Gasteiger partial charge >= 0.3 is 0 Å². The van der Waals surface area contributed by atoms with Gasteiger partial charge in [-0.05, 0) is 71.1 Å². The monoisotopic (exact) mass is 452 g/mol. The molecule has 0 aliphatic carbocycles. The van der Waals surface area contributed by atoms with Gasteiger partial charge in [-0.1, -0.05) is 36.4 Å². The SMILES string of the molecule is COc1cc2cc(OC)c(-c3c(C)cccc3C(=N)N)cc2cc1-c1c(C)cccc1C(=N)N. The first-order valence-electron chi connectivity index (χ1n) is 10.8. The van der Waals surface area contributed by atoms with E-state index in [1.807, 2.05) is 62.4 Å². The molecule has 0 unspecified atom stereocenters. The Labute approximate surface area is 199 Å². The van der Waals surface area contributed by atoms with E-state index in [0.29, 0.717) is 22.6 Å². The van der Waals surface area contributed by atoms with Crippen LogP contribution in [0.2, 0.25) is 0 Å². The highest BCUT2D eigenvalue weighted by Gasteiger charge is 2.19. The van der Waals surface area contributed by atoms with Gasteiger partial charge in [0.2, 0.25) is 0 Å². The van der Waals surface area contributed by atoms with Crippen molar-refractivity contribution in [2.45, 2.75) is 13.8 Å². The average molecular weight is 453 g/mol. The number of hydrogen-bond acceptors (Lipinski definition) is 4. The van der Waals surface area contributed by atoms with E-state index in [4.69, 9.17) is 31.8 Å². The van der Waals surface area contributed by atoms with Gasteiger partial charge in [0.1, 0.15) is 23.2 Å². The van der Waals surface area contributed by atoms with E-state index >= 15 is 0 Å². The Balaban J connectivity index is 2.08. The smallest absolute Gasteiger partial charge is 0.127 e. The Morgan fingerprint density at radius 3 is 1.38 bits per heavy atom. The summed E-state index contributed by atoms with van der Waals surface area (Å²) in [6.45, 7) is 3.99. The summed E-state index contributed by atoms with van der Waals surface area (Å²) in [5, 5.41) is 18.1. The second-order valence-corrected chi connectivity index (χ2v) is 8.27. The number of nitrogens with one attached hydrogen (secondary N) is 2. The summed E-state index contributed by atoms with van der Waals surface area (Å²) in [6, 6.07) is 19.5. The molecule has 6 nitrogen and oxygen atoms in total. The molecule has 34 heavy (non-hydrogen) atoms. The minimum absolute atomic E-state index is 0.00211. The number of hydrogen-bond donors (Lipinski definition) is 4. The van der Waals surface area contributed by atoms with Crippen molar-refractivity contribution < 1.29 is 9.47 Å². The van der Waals surface area contributed by atoms with Gasteiger partial charge in [-0.3, -0.25) is 10.8 Å². The van der Waals surface area contributed by atoms with Crippen molar-refractivity contribution in [1.29, 1.82) is 10.8 Å². The van der Waals surface area contributed by atoms with Crippen molar-refractivity contribution >= 4 is 22.4 Å². The molecule has 0 heterocycles. The molecule has 0 bridgehead atoms. The van der Waals surface area contributed by atoms with Crippen LogP contribution in [0.3, 0.4) is 0 Å². The highest BCUT2D eigenvalue weighted by atomic mass is 16.5. The Bertz CT molecular complexity index is 1350. The molecule has 0 fully saturated rings. The Morgan fingerprint density at radius 2 is 1.03 bits per heavy atom. The zero-order valence-electron chi connectivity index (χ0n) is 19.7. The predicted octanol–water partition coefficient (Wildman–Crippen LogP) is 5.38. The van der Waals surface area contributed by atoms with E-state index in [-0.39, 0.29) is 11.7 Å². The lowest BCUT2D eigenvalue weighted by molar-refractivity contribution is 0.415. The molecular weight excluding hydrogens is 424 g/mol. The highest BCUT2D eigenvalue weighted by Crippen LogP contribution is 2.42. The molecule has 0 aliphatic heterocycles. The van der Waals surface area contributed by atoms with Crippen LogP contribution in [-0.2, 0) is 0 Å². The quantitative estimate of drug-likeness (QED) is 0.232. The Kier molecular flexibility index (Phi) is 5.99. The number of fused-ring (bicyclic) bond motifs is 1. The normalized spacial score (nSPS) is 10.8. The summed E-state index contributed by atoms with van der Waals surface area (Å²) >= 11 is 0. The number of ether oxygens (including phenoxy) is 2.